The van der Waals surface area contributed by atoms with Crippen LogP contribution in [0.25, 0.3) is 10.9 Å². The van der Waals surface area contributed by atoms with Crippen LogP contribution in [-0.4, -0.2) is 10.9 Å². The lowest BCUT2D eigenvalue weighted by Gasteiger charge is -1.96. The molecule has 2 aromatic rings. The van der Waals surface area contributed by atoms with Crippen molar-refractivity contribution in [2.45, 2.75) is 0 Å². The van der Waals surface area contributed by atoms with Gasteiger partial charge in [-0.25, -0.2) is 0 Å². The molecule has 0 fully saturated rings. The van der Waals surface area contributed by atoms with Crippen LogP contribution in [0.4, 0.5) is 0 Å². The zero-order valence-corrected chi connectivity index (χ0v) is 8.93. The van der Waals surface area contributed by atoms with Gasteiger partial charge in [-0.15, -0.1) is 0 Å². The molecule has 0 N–H and O–H groups in total. The van der Waals surface area contributed by atoms with Crippen LogP contribution in [0.15, 0.2) is 18.2 Å². The summed E-state index contributed by atoms with van der Waals surface area (Å²) in [7, 11) is 1.80. The maximum atomic E-state index is 10.9. The summed E-state index contributed by atoms with van der Waals surface area (Å²) in [6, 6.07) is 5.45. The van der Waals surface area contributed by atoms with Crippen LogP contribution in [-0.2, 0) is 7.05 Å². The molecule has 2 rings (SSSR count). The second-order valence-corrected chi connectivity index (χ2v) is 3.78. The van der Waals surface area contributed by atoms with E-state index in [1.54, 1.807) is 17.7 Å². The van der Waals surface area contributed by atoms with Gasteiger partial charge in [-0.3, -0.25) is 4.79 Å². The lowest BCUT2D eigenvalue weighted by atomic mass is 10.2. The molecule has 72 valence electrons. The highest BCUT2D eigenvalue weighted by atomic mass is 35.5. The molecule has 0 radical (unpaired) electrons. The molecule has 0 aliphatic rings. The Kier molecular flexibility index (Phi) is 2.25. The van der Waals surface area contributed by atoms with E-state index in [1.165, 1.54) is 0 Å². The smallest absolute Gasteiger partial charge is 0.153 e. The third-order valence-corrected chi connectivity index (χ3v) is 3.03. The molecule has 1 aromatic carbocycles. The normalized spacial score (nSPS) is 10.8. The highest BCUT2D eigenvalue weighted by molar-refractivity contribution is 6.39. The molecule has 1 heterocycles. The minimum absolute atomic E-state index is 0.420. The van der Waals surface area contributed by atoms with E-state index in [4.69, 9.17) is 23.2 Å². The number of nitrogens with zero attached hydrogens (tertiary/aromatic N) is 1. The van der Waals surface area contributed by atoms with Gasteiger partial charge in [0.05, 0.1) is 16.1 Å². The van der Waals surface area contributed by atoms with E-state index in [1.807, 2.05) is 12.1 Å². The Morgan fingerprint density at radius 3 is 2.71 bits per heavy atom. The number of hydrogen-bond acceptors (Lipinski definition) is 1. The Labute approximate surface area is 91.0 Å². The van der Waals surface area contributed by atoms with Gasteiger partial charge in [0.1, 0.15) is 5.15 Å². The number of aromatic nitrogens is 1. The summed E-state index contributed by atoms with van der Waals surface area (Å²) >= 11 is 12.0. The first-order valence-corrected chi connectivity index (χ1v) is 4.80. The highest BCUT2D eigenvalue weighted by Gasteiger charge is 2.14. The van der Waals surface area contributed by atoms with Crippen molar-refractivity contribution >= 4 is 40.4 Å². The van der Waals surface area contributed by atoms with E-state index in [-0.39, 0.29) is 0 Å². The van der Waals surface area contributed by atoms with Gasteiger partial charge in [0.25, 0.3) is 0 Å². The zero-order valence-electron chi connectivity index (χ0n) is 7.42. The van der Waals surface area contributed by atoms with E-state index in [9.17, 15) is 4.79 Å². The topological polar surface area (TPSA) is 22.0 Å². The van der Waals surface area contributed by atoms with Gasteiger partial charge < -0.3 is 4.57 Å². The molecule has 2 nitrogen and oxygen atoms in total. The molecular formula is C10H7Cl2NO. The molecule has 0 saturated heterocycles. The van der Waals surface area contributed by atoms with Crippen LogP contribution < -0.4 is 0 Å². The van der Waals surface area contributed by atoms with Crippen molar-refractivity contribution in [2.75, 3.05) is 0 Å². The number of halogens is 2. The summed E-state index contributed by atoms with van der Waals surface area (Å²) in [4.78, 5) is 10.9. The van der Waals surface area contributed by atoms with Gasteiger partial charge in [-0.05, 0) is 12.1 Å². The molecule has 0 amide bonds. The largest absolute Gasteiger partial charge is 0.334 e. The van der Waals surface area contributed by atoms with Crippen LogP contribution in [0, 0.1) is 0 Å². The van der Waals surface area contributed by atoms with Crippen LogP contribution >= 0.6 is 23.2 Å². The molecule has 0 spiro atoms. The summed E-state index contributed by atoms with van der Waals surface area (Å²) in [6.45, 7) is 0. The first-order valence-electron chi connectivity index (χ1n) is 4.04. The maximum absolute atomic E-state index is 10.9. The van der Waals surface area contributed by atoms with E-state index in [2.05, 4.69) is 0 Å². The minimum Gasteiger partial charge on any atom is -0.334 e. The Morgan fingerprint density at radius 1 is 1.36 bits per heavy atom. The predicted molar refractivity (Wildman–Crippen MR) is 58.3 cm³/mol. The third kappa shape index (κ3) is 1.15. The molecule has 4 heteroatoms. The van der Waals surface area contributed by atoms with E-state index in [0.717, 1.165) is 17.2 Å². The fourth-order valence-corrected chi connectivity index (χ4v) is 2.06. The minimum atomic E-state index is 0.420. The molecule has 14 heavy (non-hydrogen) atoms. The summed E-state index contributed by atoms with van der Waals surface area (Å²) in [5.74, 6) is 0. The summed E-state index contributed by atoms with van der Waals surface area (Å²) in [6.07, 6.45) is 0.733. The SMILES string of the molecule is Cn1c(Cl)c(C=O)c2c(Cl)cccc21. The fraction of sp³-hybridized carbons (Fsp3) is 0.100. The molecule has 0 aliphatic carbocycles. The first kappa shape index (κ1) is 9.56. The number of rotatable bonds is 1. The lowest BCUT2D eigenvalue weighted by molar-refractivity contribution is 0.112. The van der Waals surface area contributed by atoms with Crippen LogP contribution in [0.2, 0.25) is 10.2 Å². The Balaban J connectivity index is 3.03. The number of aryl methyl sites for hydroxylation is 1. The van der Waals surface area contributed by atoms with Gasteiger partial charge in [0.15, 0.2) is 6.29 Å². The van der Waals surface area contributed by atoms with Gasteiger partial charge in [0.2, 0.25) is 0 Å². The second-order valence-electron chi connectivity index (χ2n) is 3.02. The van der Waals surface area contributed by atoms with Crippen molar-refractivity contribution in [3.8, 4) is 0 Å². The Morgan fingerprint density at radius 2 is 2.07 bits per heavy atom. The standard InChI is InChI=1S/C10H7Cl2NO/c1-13-8-4-2-3-7(11)9(8)6(5-14)10(13)12/h2-5H,1H3. The monoisotopic (exact) mass is 227 g/mol. The van der Waals surface area contributed by atoms with Crippen molar-refractivity contribution in [1.29, 1.82) is 0 Å². The number of hydrogen-bond donors (Lipinski definition) is 0. The molecule has 1 aromatic heterocycles. The van der Waals surface area contributed by atoms with Gasteiger partial charge >= 0.3 is 0 Å². The quantitative estimate of drug-likeness (QED) is 0.686. The lowest BCUT2D eigenvalue weighted by Crippen LogP contribution is -1.86. The first-order chi connectivity index (χ1) is 6.66. The summed E-state index contributed by atoms with van der Waals surface area (Å²) in [5.41, 5.74) is 1.32. The molecular weight excluding hydrogens is 221 g/mol. The Bertz CT molecular complexity index is 516. The molecule has 0 saturated carbocycles. The molecule has 0 bridgehead atoms. The summed E-state index contributed by atoms with van der Waals surface area (Å²) in [5, 5.41) is 1.69. The van der Waals surface area contributed by atoms with E-state index < -0.39 is 0 Å². The Hall–Kier alpha value is -0.990. The van der Waals surface area contributed by atoms with Crippen LogP contribution in [0.1, 0.15) is 10.4 Å². The highest BCUT2D eigenvalue weighted by Crippen LogP contribution is 2.32. The maximum Gasteiger partial charge on any atom is 0.153 e. The van der Waals surface area contributed by atoms with Crippen molar-refractivity contribution in [3.63, 3.8) is 0 Å². The van der Waals surface area contributed by atoms with E-state index in [0.29, 0.717) is 15.7 Å². The average molecular weight is 228 g/mol. The number of carbonyl (C=O) groups excluding carboxylic acids is 1. The zero-order chi connectivity index (χ0) is 10.3. The van der Waals surface area contributed by atoms with E-state index >= 15 is 0 Å². The van der Waals surface area contributed by atoms with Crippen LogP contribution in [0.3, 0.4) is 0 Å². The number of fused-ring (bicyclic) bond motifs is 1. The van der Waals surface area contributed by atoms with Gasteiger partial charge in [-0.2, -0.15) is 0 Å². The predicted octanol–water partition coefficient (Wildman–Crippen LogP) is 3.30. The molecule has 0 atom stereocenters. The molecule has 0 unspecified atom stereocenters. The van der Waals surface area contributed by atoms with Gasteiger partial charge in [0, 0.05) is 12.4 Å². The summed E-state index contributed by atoms with van der Waals surface area (Å²) < 4.78 is 1.74. The third-order valence-electron chi connectivity index (χ3n) is 2.26. The van der Waals surface area contributed by atoms with Crippen molar-refractivity contribution in [1.82, 2.24) is 4.57 Å². The fourth-order valence-electron chi connectivity index (χ4n) is 1.56. The van der Waals surface area contributed by atoms with Crippen molar-refractivity contribution < 1.29 is 4.79 Å². The number of benzene rings is 1. The second kappa shape index (κ2) is 3.30. The average Bonchev–Trinajstić information content (AvgIpc) is 2.43. The van der Waals surface area contributed by atoms with Crippen molar-refractivity contribution in [3.05, 3.63) is 33.9 Å². The van der Waals surface area contributed by atoms with Gasteiger partial charge in [-0.1, -0.05) is 29.3 Å². The number of carbonyl (C=O) groups is 1. The number of aldehydes is 1. The van der Waals surface area contributed by atoms with Crippen LogP contribution in [0.5, 0.6) is 0 Å². The van der Waals surface area contributed by atoms with Crippen molar-refractivity contribution in [2.24, 2.45) is 7.05 Å². The molecule has 0 aliphatic heterocycles.